The molecule has 2 N–H and O–H groups in total. The molecule has 5 aliphatic rings. The molecule has 6 atom stereocenters. The Morgan fingerprint density at radius 3 is 2.70 bits per heavy atom. The Balaban J connectivity index is 1.15. The number of pyridine rings is 1. The van der Waals surface area contributed by atoms with Crippen LogP contribution in [0.25, 0.3) is 32.9 Å². The van der Waals surface area contributed by atoms with Crippen molar-refractivity contribution < 1.29 is 18.6 Å². The molecule has 4 aliphatic heterocycles. The molecule has 4 saturated heterocycles. The molecule has 246 valence electrons. The number of hydrogen-bond acceptors (Lipinski definition) is 8. The highest BCUT2D eigenvalue weighted by Gasteiger charge is 2.57. The van der Waals surface area contributed by atoms with Gasteiger partial charge in [0.1, 0.15) is 35.6 Å². The number of aromatic hydroxyl groups is 1. The van der Waals surface area contributed by atoms with Crippen LogP contribution in [0.2, 0.25) is 0 Å². The summed E-state index contributed by atoms with van der Waals surface area (Å²) in [5.74, 6) is 0.679. The molecule has 0 amide bonds. The van der Waals surface area contributed by atoms with Crippen molar-refractivity contribution in [3.05, 3.63) is 47.9 Å². The second kappa shape index (κ2) is 11.2. The van der Waals surface area contributed by atoms with Gasteiger partial charge in [-0.2, -0.15) is 9.97 Å². The topological polar surface area (TPSA) is 86.6 Å². The molecular formula is C37H42F2N6O2. The molecule has 8 nitrogen and oxygen atoms in total. The summed E-state index contributed by atoms with van der Waals surface area (Å²) >= 11 is 0. The number of aryl methyl sites for hydroxylation is 1. The van der Waals surface area contributed by atoms with Gasteiger partial charge in [-0.05, 0) is 72.9 Å². The van der Waals surface area contributed by atoms with Crippen LogP contribution in [-0.2, 0) is 6.42 Å². The maximum Gasteiger partial charge on any atom is 0.319 e. The average Bonchev–Trinajstić information content (AvgIpc) is 3.69. The van der Waals surface area contributed by atoms with Crippen LogP contribution in [-0.4, -0.2) is 81.0 Å². The quantitative estimate of drug-likeness (QED) is 0.254. The summed E-state index contributed by atoms with van der Waals surface area (Å²) in [6, 6.07) is 10.4. The fraction of sp³-hybridized carbons (Fsp3) is 0.541. The van der Waals surface area contributed by atoms with E-state index in [4.69, 9.17) is 14.7 Å². The lowest BCUT2D eigenvalue weighted by atomic mass is 9.81. The van der Waals surface area contributed by atoms with Crippen LogP contribution >= 0.6 is 0 Å². The summed E-state index contributed by atoms with van der Waals surface area (Å²) in [5, 5.41) is 16.6. The highest BCUT2D eigenvalue weighted by atomic mass is 19.1. The predicted octanol–water partition coefficient (Wildman–Crippen LogP) is 6.32. The van der Waals surface area contributed by atoms with Crippen molar-refractivity contribution >= 4 is 27.5 Å². The summed E-state index contributed by atoms with van der Waals surface area (Å²) in [6.45, 7) is 4.32. The third kappa shape index (κ3) is 4.85. The average molecular weight is 641 g/mol. The molecule has 5 fully saturated rings. The van der Waals surface area contributed by atoms with Gasteiger partial charge in [0.2, 0.25) is 0 Å². The van der Waals surface area contributed by atoms with Crippen molar-refractivity contribution in [2.45, 2.75) is 94.5 Å². The van der Waals surface area contributed by atoms with Crippen LogP contribution < -0.4 is 15.0 Å². The maximum absolute atomic E-state index is 17.0. The lowest BCUT2D eigenvalue weighted by Gasteiger charge is -2.36. The van der Waals surface area contributed by atoms with E-state index in [1.807, 2.05) is 18.2 Å². The number of alkyl halides is 1. The predicted molar refractivity (Wildman–Crippen MR) is 178 cm³/mol. The van der Waals surface area contributed by atoms with Gasteiger partial charge < -0.3 is 20.1 Å². The largest absolute Gasteiger partial charge is 0.508 e. The molecule has 10 heteroatoms. The number of aromatic nitrogens is 3. The Morgan fingerprint density at radius 1 is 1.04 bits per heavy atom. The van der Waals surface area contributed by atoms with Crippen molar-refractivity contribution in [2.24, 2.45) is 5.92 Å². The summed E-state index contributed by atoms with van der Waals surface area (Å²) < 4.78 is 38.5. The van der Waals surface area contributed by atoms with Crippen LogP contribution in [0.1, 0.15) is 63.9 Å². The van der Waals surface area contributed by atoms with Gasteiger partial charge in [-0.1, -0.05) is 38.0 Å². The van der Waals surface area contributed by atoms with E-state index in [1.54, 1.807) is 18.3 Å². The van der Waals surface area contributed by atoms with Gasteiger partial charge in [0.25, 0.3) is 0 Å². The molecule has 47 heavy (non-hydrogen) atoms. The third-order valence-electron chi connectivity index (χ3n) is 11.8. The highest BCUT2D eigenvalue weighted by Crippen LogP contribution is 2.51. The fourth-order valence-electron chi connectivity index (χ4n) is 9.87. The molecule has 6 unspecified atom stereocenters. The number of hydrogen-bond donors (Lipinski definition) is 2. The van der Waals surface area contributed by atoms with Crippen LogP contribution in [0.15, 0.2) is 36.5 Å². The Bertz CT molecular complexity index is 1860. The lowest BCUT2D eigenvalue weighted by Crippen LogP contribution is -2.51. The van der Waals surface area contributed by atoms with Crippen LogP contribution in [0.3, 0.4) is 0 Å². The number of nitrogens with zero attached hydrogens (tertiary/aromatic N) is 5. The monoisotopic (exact) mass is 640 g/mol. The first kappa shape index (κ1) is 29.5. The Kier molecular flexibility index (Phi) is 7.05. The zero-order chi connectivity index (χ0) is 31.9. The SMILES string of the molecule is CCc1cccc2cc(O)cc(-c3ncc4c(N5CC6CCC(C5)N6)nc(OCC56CC(F)CN5C5CCCCC5C6)nc4c3F)c12. The van der Waals surface area contributed by atoms with Gasteiger partial charge in [-0.3, -0.25) is 9.88 Å². The first-order valence-electron chi connectivity index (χ1n) is 17.5. The Morgan fingerprint density at radius 2 is 1.87 bits per heavy atom. The van der Waals surface area contributed by atoms with Gasteiger partial charge in [0.05, 0.1) is 10.9 Å². The molecule has 2 aromatic carbocycles. The standard InChI is InChI=1S/C37H42F2N6O2/c1-2-21-7-5-8-22-12-27(46)13-28(31(21)22)33-32(39)34-29(16-40-33)35(44-18-25-10-11-26(19-44)41-25)43-36(42-34)47-20-37-14-23-6-3-4-9-30(23)45(37)17-24(38)15-37/h5,7-8,12-13,16,23-26,30,41,46H,2-4,6,9-11,14-15,17-20H2,1H3. The van der Waals surface area contributed by atoms with E-state index < -0.39 is 12.0 Å². The van der Waals surface area contributed by atoms with Crippen molar-refractivity contribution in [2.75, 3.05) is 31.1 Å². The van der Waals surface area contributed by atoms with Crippen LogP contribution in [0, 0.1) is 11.7 Å². The lowest BCUT2D eigenvalue weighted by molar-refractivity contribution is 0.0775. The smallest absolute Gasteiger partial charge is 0.319 e. The van der Waals surface area contributed by atoms with Gasteiger partial charge in [-0.25, -0.2) is 8.78 Å². The number of halogens is 2. The number of benzene rings is 2. The van der Waals surface area contributed by atoms with E-state index in [1.165, 1.54) is 19.3 Å². The molecule has 4 aromatic rings. The van der Waals surface area contributed by atoms with E-state index in [2.05, 4.69) is 27.0 Å². The number of fused-ring (bicyclic) bond motifs is 7. The molecular weight excluding hydrogens is 598 g/mol. The molecule has 6 heterocycles. The van der Waals surface area contributed by atoms with Crippen molar-refractivity contribution in [3.8, 4) is 23.0 Å². The minimum atomic E-state index is -0.873. The molecule has 0 spiro atoms. The van der Waals surface area contributed by atoms with Gasteiger partial charge in [0, 0.05) is 55.9 Å². The number of phenols is 1. The molecule has 9 rings (SSSR count). The number of anilines is 1. The zero-order valence-corrected chi connectivity index (χ0v) is 26.9. The zero-order valence-electron chi connectivity index (χ0n) is 26.9. The number of phenolic OH excluding ortho intramolecular Hbond substituents is 1. The minimum Gasteiger partial charge on any atom is -0.508 e. The van der Waals surface area contributed by atoms with E-state index in [9.17, 15) is 5.11 Å². The number of ether oxygens (including phenoxy) is 1. The van der Waals surface area contributed by atoms with Gasteiger partial charge in [-0.15, -0.1) is 0 Å². The normalized spacial score (nSPS) is 30.3. The van der Waals surface area contributed by atoms with Gasteiger partial charge >= 0.3 is 6.01 Å². The third-order valence-corrected chi connectivity index (χ3v) is 11.8. The summed E-state index contributed by atoms with van der Waals surface area (Å²) in [6.07, 6.45) is 9.85. The number of nitrogens with one attached hydrogen (secondary N) is 1. The first-order valence-corrected chi connectivity index (χ1v) is 17.5. The molecule has 1 aliphatic carbocycles. The van der Waals surface area contributed by atoms with Crippen molar-refractivity contribution in [3.63, 3.8) is 0 Å². The highest BCUT2D eigenvalue weighted by molar-refractivity contribution is 6.01. The molecule has 2 aromatic heterocycles. The summed E-state index contributed by atoms with van der Waals surface area (Å²) in [4.78, 5) is 19.0. The van der Waals surface area contributed by atoms with Crippen LogP contribution in [0.5, 0.6) is 11.8 Å². The Hall–Kier alpha value is -3.63. The second-order valence-electron chi connectivity index (χ2n) is 14.7. The van der Waals surface area contributed by atoms with Crippen molar-refractivity contribution in [1.82, 2.24) is 25.2 Å². The van der Waals surface area contributed by atoms with E-state index in [0.29, 0.717) is 53.8 Å². The fourth-order valence-corrected chi connectivity index (χ4v) is 9.87. The van der Waals surface area contributed by atoms with E-state index in [0.717, 1.165) is 61.5 Å². The van der Waals surface area contributed by atoms with E-state index >= 15 is 8.78 Å². The molecule has 0 radical (unpaired) electrons. The van der Waals surface area contributed by atoms with E-state index in [-0.39, 0.29) is 35.1 Å². The molecule has 1 saturated carbocycles. The Labute approximate surface area is 273 Å². The summed E-state index contributed by atoms with van der Waals surface area (Å²) in [7, 11) is 0. The van der Waals surface area contributed by atoms with Gasteiger partial charge in [0.15, 0.2) is 5.82 Å². The maximum atomic E-state index is 17.0. The first-order chi connectivity index (χ1) is 22.9. The van der Waals surface area contributed by atoms with Crippen molar-refractivity contribution in [1.29, 1.82) is 0 Å². The number of piperazine rings is 1. The molecule has 2 bridgehead atoms. The summed E-state index contributed by atoms with van der Waals surface area (Å²) in [5.41, 5.74) is 1.48. The number of rotatable bonds is 6. The second-order valence-corrected chi connectivity index (χ2v) is 14.7. The minimum absolute atomic E-state index is 0.0504. The van der Waals surface area contributed by atoms with Crippen LogP contribution in [0.4, 0.5) is 14.6 Å².